The molecule has 0 saturated heterocycles. The Morgan fingerprint density at radius 3 is 2.18 bits per heavy atom. The number of halogens is 1. The predicted molar refractivity (Wildman–Crippen MR) is 105 cm³/mol. The summed E-state index contributed by atoms with van der Waals surface area (Å²) in [6.07, 6.45) is 3.24. The quantitative estimate of drug-likeness (QED) is 0.589. The molecule has 3 aromatic rings. The van der Waals surface area contributed by atoms with E-state index in [0.29, 0.717) is 43.5 Å². The number of carbonyl (C=O) groups is 1. The lowest BCUT2D eigenvalue weighted by molar-refractivity contribution is -0.117. The Morgan fingerprint density at radius 1 is 1.00 bits per heavy atom. The minimum absolute atomic E-state index is 0.157. The maximum absolute atomic E-state index is 12.7. The number of furan rings is 2. The maximum atomic E-state index is 12.7. The van der Waals surface area contributed by atoms with Crippen molar-refractivity contribution < 1.29 is 23.1 Å². The smallest absolute Gasteiger partial charge is 0.238 e. The van der Waals surface area contributed by atoms with Gasteiger partial charge in [0.15, 0.2) is 11.5 Å². The van der Waals surface area contributed by atoms with E-state index in [2.05, 4.69) is 21.2 Å². The van der Waals surface area contributed by atoms with E-state index in [0.717, 1.165) is 16.0 Å². The third-order valence-corrected chi connectivity index (χ3v) is 4.85. The van der Waals surface area contributed by atoms with E-state index >= 15 is 0 Å². The third kappa shape index (κ3) is 4.58. The summed E-state index contributed by atoms with van der Waals surface area (Å²) in [6.45, 7) is 2.15. The molecule has 1 aromatic carbocycles. The van der Waals surface area contributed by atoms with Crippen LogP contribution >= 0.6 is 15.9 Å². The summed E-state index contributed by atoms with van der Waals surface area (Å²) < 4.78 is 22.7. The molecule has 28 heavy (non-hydrogen) atoms. The summed E-state index contributed by atoms with van der Waals surface area (Å²) in [5.41, 5.74) is 0.630. The molecule has 0 aliphatic carbocycles. The van der Waals surface area contributed by atoms with E-state index in [9.17, 15) is 4.79 Å². The summed E-state index contributed by atoms with van der Waals surface area (Å²) in [4.78, 5) is 14.6. The molecule has 0 bridgehead atoms. The van der Waals surface area contributed by atoms with Crippen LogP contribution in [0.3, 0.4) is 0 Å². The number of hydrogen-bond donors (Lipinski definition) is 1. The Morgan fingerprint density at radius 2 is 1.61 bits per heavy atom. The molecule has 146 valence electrons. The first-order valence-electron chi connectivity index (χ1n) is 8.83. The average Bonchev–Trinajstić information content (AvgIpc) is 3.36. The summed E-state index contributed by atoms with van der Waals surface area (Å²) in [7, 11) is 0. The topological polar surface area (TPSA) is 77.1 Å². The van der Waals surface area contributed by atoms with Gasteiger partial charge in [0.05, 0.1) is 37.8 Å². The van der Waals surface area contributed by atoms with Gasteiger partial charge in [-0.2, -0.15) is 0 Å². The first-order valence-corrected chi connectivity index (χ1v) is 9.63. The number of fused-ring (bicyclic) bond motifs is 1. The molecule has 4 rings (SSSR count). The second kappa shape index (κ2) is 8.53. The van der Waals surface area contributed by atoms with Crippen molar-refractivity contribution in [1.29, 1.82) is 0 Å². The molecule has 1 amide bonds. The van der Waals surface area contributed by atoms with Crippen molar-refractivity contribution in [2.45, 2.75) is 13.1 Å². The highest BCUT2D eigenvalue weighted by Gasteiger charge is 2.18. The van der Waals surface area contributed by atoms with Gasteiger partial charge in [-0.25, -0.2) is 0 Å². The molecule has 2 aromatic heterocycles. The molecule has 0 saturated carbocycles. The van der Waals surface area contributed by atoms with Crippen LogP contribution < -0.4 is 14.8 Å². The van der Waals surface area contributed by atoms with Crippen LogP contribution in [0.15, 0.2) is 62.2 Å². The first-order chi connectivity index (χ1) is 13.7. The number of rotatable bonds is 7. The van der Waals surface area contributed by atoms with Crippen LogP contribution in [-0.4, -0.2) is 30.6 Å². The Bertz CT molecular complexity index is 888. The van der Waals surface area contributed by atoms with Crippen molar-refractivity contribution >= 4 is 27.5 Å². The van der Waals surface area contributed by atoms with Crippen molar-refractivity contribution in [1.82, 2.24) is 4.90 Å². The van der Waals surface area contributed by atoms with Crippen molar-refractivity contribution in [3.63, 3.8) is 0 Å². The summed E-state index contributed by atoms with van der Waals surface area (Å²) in [5.74, 6) is 2.68. The Balaban J connectivity index is 1.45. The van der Waals surface area contributed by atoms with E-state index in [1.165, 1.54) is 0 Å². The standard InChI is InChI=1S/C20H19BrN2O5/c21-16-9-18-19(28-8-7-27-18)10-17(16)22-20(24)13-23(11-14-3-1-5-25-14)12-15-4-2-6-26-15/h1-6,9-10H,7-8,11-13H2,(H,22,24). The van der Waals surface area contributed by atoms with E-state index in [4.69, 9.17) is 18.3 Å². The Kier molecular flexibility index (Phi) is 5.68. The van der Waals surface area contributed by atoms with Crippen LogP contribution in [-0.2, 0) is 17.9 Å². The number of ether oxygens (including phenoxy) is 2. The molecule has 1 aliphatic rings. The molecular formula is C20H19BrN2O5. The normalized spacial score (nSPS) is 12.9. The Hall–Kier alpha value is -2.71. The number of benzene rings is 1. The van der Waals surface area contributed by atoms with E-state index in [1.807, 2.05) is 29.2 Å². The highest BCUT2D eigenvalue weighted by Crippen LogP contribution is 2.38. The summed E-state index contributed by atoms with van der Waals surface area (Å²) in [5, 5.41) is 2.93. The fourth-order valence-electron chi connectivity index (χ4n) is 2.97. The fourth-order valence-corrected chi connectivity index (χ4v) is 3.39. The lowest BCUT2D eigenvalue weighted by Gasteiger charge is -2.22. The average molecular weight is 447 g/mol. The maximum Gasteiger partial charge on any atom is 0.238 e. The fraction of sp³-hybridized carbons (Fsp3) is 0.250. The molecule has 0 spiro atoms. The van der Waals surface area contributed by atoms with Gasteiger partial charge in [-0.05, 0) is 40.2 Å². The van der Waals surface area contributed by atoms with Crippen molar-refractivity contribution in [3.8, 4) is 11.5 Å². The highest BCUT2D eigenvalue weighted by molar-refractivity contribution is 9.10. The molecule has 3 heterocycles. The second-order valence-corrected chi connectivity index (χ2v) is 7.18. The molecule has 1 N–H and O–H groups in total. The zero-order valence-corrected chi connectivity index (χ0v) is 16.6. The van der Waals surface area contributed by atoms with Gasteiger partial charge in [-0.15, -0.1) is 0 Å². The van der Waals surface area contributed by atoms with Gasteiger partial charge in [-0.1, -0.05) is 0 Å². The van der Waals surface area contributed by atoms with Crippen LogP contribution in [0.2, 0.25) is 0 Å². The van der Waals surface area contributed by atoms with Crippen LogP contribution in [0.1, 0.15) is 11.5 Å². The van der Waals surface area contributed by atoms with Crippen LogP contribution in [0.4, 0.5) is 5.69 Å². The van der Waals surface area contributed by atoms with Gasteiger partial charge in [0, 0.05) is 16.6 Å². The second-order valence-electron chi connectivity index (χ2n) is 6.33. The van der Waals surface area contributed by atoms with Crippen LogP contribution in [0, 0.1) is 0 Å². The number of anilines is 1. The minimum atomic E-state index is -0.157. The predicted octanol–water partition coefficient (Wildman–Crippen LogP) is 4.05. The molecular weight excluding hydrogens is 428 g/mol. The molecule has 1 aliphatic heterocycles. The molecule has 8 heteroatoms. The van der Waals surface area contributed by atoms with E-state index in [-0.39, 0.29) is 12.5 Å². The van der Waals surface area contributed by atoms with Gasteiger partial charge in [0.1, 0.15) is 24.7 Å². The highest BCUT2D eigenvalue weighted by atomic mass is 79.9. The molecule has 0 atom stereocenters. The molecule has 7 nitrogen and oxygen atoms in total. The first kappa shape index (κ1) is 18.6. The van der Waals surface area contributed by atoms with Crippen molar-refractivity contribution in [2.24, 2.45) is 0 Å². The summed E-state index contributed by atoms with van der Waals surface area (Å²) in [6, 6.07) is 11.0. The van der Waals surface area contributed by atoms with Gasteiger partial charge < -0.3 is 23.6 Å². The van der Waals surface area contributed by atoms with Gasteiger partial charge in [-0.3, -0.25) is 9.69 Å². The number of nitrogens with one attached hydrogen (secondary N) is 1. The zero-order chi connectivity index (χ0) is 19.3. The number of nitrogens with zero attached hydrogens (tertiary/aromatic N) is 1. The summed E-state index contributed by atoms with van der Waals surface area (Å²) >= 11 is 3.47. The monoisotopic (exact) mass is 446 g/mol. The Labute approximate surface area is 170 Å². The molecule has 0 unspecified atom stereocenters. The number of carbonyl (C=O) groups excluding carboxylic acids is 1. The number of hydrogen-bond acceptors (Lipinski definition) is 6. The zero-order valence-electron chi connectivity index (χ0n) is 15.0. The van der Waals surface area contributed by atoms with E-state index < -0.39 is 0 Å². The largest absolute Gasteiger partial charge is 0.486 e. The lowest BCUT2D eigenvalue weighted by Crippen LogP contribution is -2.32. The molecule has 0 radical (unpaired) electrons. The van der Waals surface area contributed by atoms with E-state index in [1.54, 1.807) is 24.7 Å². The number of amides is 1. The van der Waals surface area contributed by atoms with Crippen molar-refractivity contribution in [2.75, 3.05) is 25.1 Å². The van der Waals surface area contributed by atoms with Crippen LogP contribution in [0.5, 0.6) is 11.5 Å². The van der Waals surface area contributed by atoms with Crippen LogP contribution in [0.25, 0.3) is 0 Å². The third-order valence-electron chi connectivity index (χ3n) is 4.19. The van der Waals surface area contributed by atoms with Gasteiger partial charge in [0.25, 0.3) is 0 Å². The minimum Gasteiger partial charge on any atom is -0.486 e. The van der Waals surface area contributed by atoms with Gasteiger partial charge >= 0.3 is 0 Å². The lowest BCUT2D eigenvalue weighted by atomic mass is 10.2. The molecule has 0 fully saturated rings. The SMILES string of the molecule is O=C(CN(Cc1ccco1)Cc1ccco1)Nc1cc2c(cc1Br)OCCO2. The van der Waals surface area contributed by atoms with Crippen molar-refractivity contribution in [3.05, 3.63) is 64.9 Å². The van der Waals surface area contributed by atoms with Gasteiger partial charge in [0.2, 0.25) is 5.91 Å².